The van der Waals surface area contributed by atoms with Gasteiger partial charge in [-0.25, -0.2) is 23.1 Å². The van der Waals surface area contributed by atoms with Gasteiger partial charge in [0.15, 0.2) is 0 Å². The maximum atomic E-state index is 13.6. The van der Waals surface area contributed by atoms with Crippen molar-refractivity contribution in [3.05, 3.63) is 72.9 Å². The Hall–Kier alpha value is -4.18. The molecule has 1 aliphatic carbocycles. The zero-order chi connectivity index (χ0) is 29.1. The molecule has 1 spiro atoms. The molecule has 2 aromatic carbocycles. The Labute approximate surface area is 226 Å². The Morgan fingerprint density at radius 2 is 1.55 bits per heavy atom. The monoisotopic (exact) mass is 595 g/mol. The number of rotatable bonds is 7. The smallest absolute Gasteiger partial charge is 0.278 e. The minimum atomic E-state index is -5.62. The summed E-state index contributed by atoms with van der Waals surface area (Å²) in [6.45, 7) is 1.73. The Morgan fingerprint density at radius 1 is 0.925 bits per heavy atom. The molecule has 2 fully saturated rings. The van der Waals surface area contributed by atoms with Gasteiger partial charge in [0.05, 0.1) is 22.0 Å². The maximum Gasteiger partial charge on any atom is 0.501 e. The van der Waals surface area contributed by atoms with Crippen LogP contribution in [0.2, 0.25) is 0 Å². The van der Waals surface area contributed by atoms with Gasteiger partial charge in [-0.2, -0.15) is 21.6 Å². The molecule has 2 atom stereocenters. The van der Waals surface area contributed by atoms with Crippen LogP contribution in [0.4, 0.5) is 40.8 Å². The number of imide groups is 1. The van der Waals surface area contributed by atoms with Crippen LogP contribution in [0.25, 0.3) is 0 Å². The molecule has 11 nitrogen and oxygen atoms in total. The van der Waals surface area contributed by atoms with Gasteiger partial charge in [0.25, 0.3) is 15.7 Å². The fourth-order valence-corrected chi connectivity index (χ4v) is 6.23. The second-order valence-corrected chi connectivity index (χ2v) is 12.6. The lowest BCUT2D eigenvalue weighted by Crippen LogP contribution is -2.39. The van der Waals surface area contributed by atoms with Crippen LogP contribution in [0.15, 0.2) is 77.8 Å². The summed E-state index contributed by atoms with van der Waals surface area (Å²) in [5.74, 6) is -1.10. The Kier molecular flexibility index (Phi) is 6.29. The second kappa shape index (κ2) is 9.19. The molecule has 3 aromatic rings. The molecule has 2 aliphatic rings. The third-order valence-electron chi connectivity index (χ3n) is 6.60. The van der Waals surface area contributed by atoms with Crippen molar-refractivity contribution in [3.8, 4) is 0 Å². The number of carbonyl (C=O) groups excluding carboxylic acids is 2. The summed E-state index contributed by atoms with van der Waals surface area (Å²) in [4.78, 5) is 31.9. The van der Waals surface area contributed by atoms with Crippen molar-refractivity contribution in [2.45, 2.75) is 29.3 Å². The molecule has 2 unspecified atom stereocenters. The molecule has 2 heterocycles. The summed E-state index contributed by atoms with van der Waals surface area (Å²) in [6.07, 6.45) is 1.52. The Bertz CT molecular complexity index is 1720. The minimum Gasteiger partial charge on any atom is -0.278 e. The van der Waals surface area contributed by atoms with Crippen molar-refractivity contribution in [3.63, 3.8) is 0 Å². The first-order valence-electron chi connectivity index (χ1n) is 11.6. The largest absolute Gasteiger partial charge is 0.501 e. The van der Waals surface area contributed by atoms with Crippen LogP contribution in [0, 0.1) is 5.92 Å². The Morgan fingerprint density at radius 3 is 2.12 bits per heavy atom. The molecule has 3 amide bonds. The van der Waals surface area contributed by atoms with E-state index in [1.54, 1.807) is 25.1 Å². The van der Waals surface area contributed by atoms with Crippen molar-refractivity contribution in [1.82, 2.24) is 4.98 Å². The number of amides is 3. The molecule has 210 valence electrons. The van der Waals surface area contributed by atoms with E-state index in [1.807, 2.05) is 0 Å². The molecule has 0 radical (unpaired) electrons. The van der Waals surface area contributed by atoms with Crippen LogP contribution in [0.1, 0.15) is 13.3 Å². The van der Waals surface area contributed by atoms with Gasteiger partial charge in [0.2, 0.25) is 0 Å². The van der Waals surface area contributed by atoms with E-state index < -0.39 is 47.9 Å². The lowest BCUT2D eigenvalue weighted by atomic mass is 10.1. The maximum absolute atomic E-state index is 13.6. The number of hydrogen-bond donors (Lipinski definition) is 2. The number of alkyl halides is 3. The average molecular weight is 596 g/mol. The number of sulfone groups is 1. The van der Waals surface area contributed by atoms with Crippen LogP contribution in [-0.2, 0) is 24.8 Å². The number of anilines is 4. The standard InChI is InChI=1S/C24H20F3N5O6S2/c1-15-14-23(15)21(33)31(17-7-9-19(10-8-17)39(35,36)24(25,26)27)22(34)32(23)18-11-12-28-20(13-18)30-40(37,38)29-16-5-3-2-4-6-16/h2-13,15,29H,14H2,1H3,(H,28,30). The minimum absolute atomic E-state index is 0.126. The van der Waals surface area contributed by atoms with Gasteiger partial charge in [-0.15, -0.1) is 0 Å². The first-order chi connectivity index (χ1) is 18.7. The third kappa shape index (κ3) is 4.52. The SMILES string of the molecule is CC1CC12C(=O)N(c1ccc(S(=O)(=O)C(F)(F)F)cc1)C(=O)N2c1ccnc(NS(=O)(=O)Nc2ccccc2)c1. The van der Waals surface area contributed by atoms with Crippen molar-refractivity contribution in [2.75, 3.05) is 19.2 Å². The molecule has 1 aliphatic heterocycles. The van der Waals surface area contributed by atoms with E-state index in [2.05, 4.69) is 14.4 Å². The van der Waals surface area contributed by atoms with E-state index in [0.29, 0.717) is 17.8 Å². The number of nitrogens with zero attached hydrogens (tertiary/aromatic N) is 3. The molecule has 2 N–H and O–H groups in total. The summed E-state index contributed by atoms with van der Waals surface area (Å²) in [6, 6.07) is 13.1. The number of benzene rings is 2. The molecule has 1 aromatic heterocycles. The normalized spacial score (nSPS) is 21.1. The van der Waals surface area contributed by atoms with E-state index in [-0.39, 0.29) is 29.5 Å². The molecule has 40 heavy (non-hydrogen) atoms. The highest BCUT2D eigenvalue weighted by Crippen LogP contribution is 2.55. The fourth-order valence-electron chi connectivity index (χ4n) is 4.58. The van der Waals surface area contributed by atoms with E-state index in [9.17, 15) is 39.6 Å². The zero-order valence-electron chi connectivity index (χ0n) is 20.5. The fraction of sp³-hybridized carbons (Fsp3) is 0.208. The number of aromatic nitrogens is 1. The highest BCUT2D eigenvalue weighted by Gasteiger charge is 2.70. The number of pyridine rings is 1. The zero-order valence-corrected chi connectivity index (χ0v) is 22.1. The quantitative estimate of drug-likeness (QED) is 0.394. The van der Waals surface area contributed by atoms with Gasteiger partial charge in [0.1, 0.15) is 11.4 Å². The van der Waals surface area contributed by atoms with Gasteiger partial charge in [-0.1, -0.05) is 25.1 Å². The highest BCUT2D eigenvalue weighted by atomic mass is 32.2. The number of urea groups is 1. The number of para-hydroxylation sites is 1. The number of carbonyl (C=O) groups is 2. The predicted octanol–water partition coefficient (Wildman–Crippen LogP) is 3.90. The van der Waals surface area contributed by atoms with E-state index >= 15 is 0 Å². The highest BCUT2D eigenvalue weighted by molar-refractivity contribution is 7.94. The molecule has 0 bridgehead atoms. The van der Waals surface area contributed by atoms with Crippen molar-refractivity contribution < 1.29 is 39.6 Å². The van der Waals surface area contributed by atoms with Crippen LogP contribution >= 0.6 is 0 Å². The first kappa shape index (κ1) is 27.4. The second-order valence-electron chi connectivity index (χ2n) is 9.20. The van der Waals surface area contributed by atoms with E-state index in [1.165, 1.54) is 35.4 Å². The summed E-state index contributed by atoms with van der Waals surface area (Å²) in [5.41, 5.74) is -6.52. The summed E-state index contributed by atoms with van der Waals surface area (Å²) in [7, 11) is -9.75. The molecule has 1 saturated heterocycles. The van der Waals surface area contributed by atoms with Gasteiger partial charge < -0.3 is 0 Å². The van der Waals surface area contributed by atoms with Crippen LogP contribution in [0.3, 0.4) is 0 Å². The lowest BCUT2D eigenvalue weighted by Gasteiger charge is -2.22. The van der Waals surface area contributed by atoms with Gasteiger partial charge in [-0.3, -0.25) is 19.1 Å². The molecular weight excluding hydrogens is 575 g/mol. The van der Waals surface area contributed by atoms with Gasteiger partial charge >= 0.3 is 21.7 Å². The lowest BCUT2D eigenvalue weighted by molar-refractivity contribution is -0.119. The predicted molar refractivity (Wildman–Crippen MR) is 138 cm³/mol. The molecule has 5 rings (SSSR count). The summed E-state index contributed by atoms with van der Waals surface area (Å²) in [5, 5.41) is 0. The average Bonchev–Trinajstić information content (AvgIpc) is 3.49. The Balaban J connectivity index is 1.44. The summed E-state index contributed by atoms with van der Waals surface area (Å²) >= 11 is 0. The molecular formula is C24H20F3N5O6S2. The van der Waals surface area contributed by atoms with Crippen LogP contribution in [0.5, 0.6) is 0 Å². The van der Waals surface area contributed by atoms with Gasteiger partial charge in [0, 0.05) is 12.3 Å². The number of nitrogens with one attached hydrogen (secondary N) is 2. The topological polar surface area (TPSA) is 146 Å². The molecule has 16 heteroatoms. The van der Waals surface area contributed by atoms with Crippen LogP contribution < -0.4 is 19.2 Å². The summed E-state index contributed by atoms with van der Waals surface area (Å²) < 4.78 is 91.9. The van der Waals surface area contributed by atoms with Gasteiger partial charge in [-0.05, 0) is 54.8 Å². The van der Waals surface area contributed by atoms with E-state index in [4.69, 9.17) is 0 Å². The van der Waals surface area contributed by atoms with E-state index in [0.717, 1.165) is 17.0 Å². The molecule has 1 saturated carbocycles. The van der Waals surface area contributed by atoms with Crippen molar-refractivity contribution >= 4 is 54.9 Å². The van der Waals surface area contributed by atoms with Crippen LogP contribution in [-0.4, -0.2) is 44.8 Å². The number of halogens is 3. The van der Waals surface area contributed by atoms with Crippen molar-refractivity contribution in [2.24, 2.45) is 5.92 Å². The first-order valence-corrected chi connectivity index (χ1v) is 14.6. The number of hydrogen-bond acceptors (Lipinski definition) is 7. The third-order valence-corrected chi connectivity index (χ3v) is 9.09. The van der Waals surface area contributed by atoms with Crippen molar-refractivity contribution in [1.29, 1.82) is 0 Å².